The molecule has 4 heterocycles. The van der Waals surface area contributed by atoms with E-state index < -0.39 is 0 Å². The van der Waals surface area contributed by atoms with Gasteiger partial charge in [-0.25, -0.2) is 4.98 Å². The molecule has 0 saturated carbocycles. The fourth-order valence-electron chi connectivity index (χ4n) is 6.20. The minimum absolute atomic E-state index is 0. The van der Waals surface area contributed by atoms with Crippen molar-refractivity contribution in [3.05, 3.63) is 132 Å². The van der Waals surface area contributed by atoms with Crippen LogP contribution in [0, 0.1) is 26.0 Å². The Morgan fingerprint density at radius 3 is 1.90 bits per heavy atom. The van der Waals surface area contributed by atoms with Gasteiger partial charge >= 0.3 is 0 Å². The van der Waals surface area contributed by atoms with Crippen LogP contribution in [0.3, 0.4) is 0 Å². The Morgan fingerprint density at radius 2 is 1.27 bits per heavy atom. The minimum Gasteiger partial charge on any atom is -0.490 e. The first-order chi connectivity index (χ1) is 23.3. The van der Waals surface area contributed by atoms with Crippen LogP contribution in [0.25, 0.3) is 55.5 Å². The molecule has 0 fully saturated rings. The first-order valence-corrected chi connectivity index (χ1v) is 16.9. The van der Waals surface area contributed by atoms with Gasteiger partial charge in [0.2, 0.25) is 0 Å². The standard InChI is InChI=1S/C22H22N3O.C18H14N3S.Ir/c1-14(2)17-6-5-7-18(15(3)4)21(17)25-11-10-23-22(25)16-8-9-20-19(12-16)24-13-26-20;1-12-4-3-5-13(2)17(12)21-9-8-19-18(21)14-6-7-16-15(10-14)20-11-22-16;/h5-7,9-15H,1-4H3;3-5,7-11H,1-2H3;/q2*-1;. The summed E-state index contributed by atoms with van der Waals surface area (Å²) >= 11 is 1.63. The van der Waals surface area contributed by atoms with Crippen molar-refractivity contribution in [2.45, 2.75) is 53.4 Å². The fourth-order valence-corrected chi connectivity index (χ4v) is 6.84. The molecule has 8 aromatic rings. The summed E-state index contributed by atoms with van der Waals surface area (Å²) in [6.45, 7) is 13.2. The van der Waals surface area contributed by atoms with E-state index in [1.165, 1.54) is 40.0 Å². The van der Waals surface area contributed by atoms with Gasteiger partial charge < -0.3 is 13.6 Å². The maximum atomic E-state index is 5.34. The summed E-state index contributed by atoms with van der Waals surface area (Å²) in [7, 11) is 0. The molecule has 4 aromatic heterocycles. The summed E-state index contributed by atoms with van der Waals surface area (Å²) in [6.07, 6.45) is 9.17. The van der Waals surface area contributed by atoms with E-state index in [2.05, 4.69) is 125 Å². The number of aromatic nitrogens is 6. The summed E-state index contributed by atoms with van der Waals surface area (Å²) in [5, 5.41) is 0. The molecular formula is C40H36IrN6OS-2. The normalized spacial score (nSPS) is 11.3. The second-order valence-electron chi connectivity index (χ2n) is 12.5. The third kappa shape index (κ3) is 6.66. The van der Waals surface area contributed by atoms with Crippen molar-refractivity contribution >= 4 is 32.7 Å². The number of fused-ring (bicyclic) bond motifs is 2. The predicted octanol–water partition coefficient (Wildman–Crippen LogP) is 10.3. The maximum Gasteiger partial charge on any atom is 0.169 e. The van der Waals surface area contributed by atoms with E-state index in [0.717, 1.165) is 44.1 Å². The molecule has 49 heavy (non-hydrogen) atoms. The van der Waals surface area contributed by atoms with Gasteiger partial charge in [-0.3, -0.25) is 15.0 Å². The number of rotatable bonds is 6. The van der Waals surface area contributed by atoms with Crippen molar-refractivity contribution in [2.24, 2.45) is 0 Å². The molecule has 1 radical (unpaired) electrons. The summed E-state index contributed by atoms with van der Waals surface area (Å²) in [5.74, 6) is 2.60. The Bertz CT molecular complexity index is 2320. The second-order valence-corrected chi connectivity index (χ2v) is 13.4. The molecule has 0 amide bonds. The Balaban J connectivity index is 0.000000169. The van der Waals surface area contributed by atoms with Crippen LogP contribution >= 0.6 is 11.3 Å². The molecule has 0 aliphatic heterocycles. The summed E-state index contributed by atoms with van der Waals surface area (Å²) in [4.78, 5) is 17.8. The van der Waals surface area contributed by atoms with Crippen LogP contribution in [0.1, 0.15) is 61.8 Å². The molecule has 8 rings (SSSR count). The van der Waals surface area contributed by atoms with Crippen molar-refractivity contribution in [2.75, 3.05) is 0 Å². The van der Waals surface area contributed by atoms with Gasteiger partial charge in [-0.2, -0.15) is 11.3 Å². The average Bonchev–Trinajstić information content (AvgIpc) is 3.91. The maximum absolute atomic E-state index is 5.34. The number of aryl methyl sites for hydroxylation is 2. The molecule has 0 spiro atoms. The van der Waals surface area contributed by atoms with Crippen LogP contribution in [-0.2, 0) is 20.1 Å². The predicted molar refractivity (Wildman–Crippen MR) is 194 cm³/mol. The zero-order valence-corrected chi connectivity index (χ0v) is 31.4. The van der Waals surface area contributed by atoms with Crippen LogP contribution in [0.2, 0.25) is 0 Å². The Kier molecular flexibility index (Phi) is 10.1. The molecule has 0 bridgehead atoms. The number of imidazole rings is 2. The number of thiazole rings is 1. The molecule has 0 aliphatic rings. The van der Waals surface area contributed by atoms with Crippen LogP contribution in [0.4, 0.5) is 0 Å². The van der Waals surface area contributed by atoms with Gasteiger partial charge in [-0.05, 0) is 58.2 Å². The van der Waals surface area contributed by atoms with Gasteiger partial charge in [-0.15, -0.1) is 47.5 Å². The molecule has 4 aromatic carbocycles. The Labute approximate surface area is 304 Å². The van der Waals surface area contributed by atoms with Gasteiger partial charge in [0, 0.05) is 61.8 Å². The van der Waals surface area contributed by atoms with Crippen molar-refractivity contribution < 1.29 is 24.5 Å². The van der Waals surface area contributed by atoms with Crippen LogP contribution < -0.4 is 0 Å². The fraction of sp³-hybridized carbons (Fsp3) is 0.200. The SMILES string of the molecule is CC(C)c1cccc(C(C)C)c1-n1ccnc1-c1[c-]cc2ocnc2c1.Cc1cccc(C)c1-n1ccnc1-c1[c-]cc2scnc2c1.[Ir]. The monoisotopic (exact) mass is 841 g/mol. The first-order valence-electron chi connectivity index (χ1n) is 16.1. The van der Waals surface area contributed by atoms with E-state index in [-0.39, 0.29) is 20.1 Å². The Morgan fingerprint density at radius 1 is 0.694 bits per heavy atom. The molecule has 0 saturated heterocycles. The van der Waals surface area contributed by atoms with Gasteiger partial charge in [0.05, 0.1) is 22.7 Å². The van der Waals surface area contributed by atoms with Crippen molar-refractivity contribution in [1.82, 2.24) is 29.1 Å². The number of para-hydroxylation sites is 2. The Hall–Kier alpha value is -4.69. The van der Waals surface area contributed by atoms with E-state index in [9.17, 15) is 0 Å². The van der Waals surface area contributed by atoms with Gasteiger partial charge in [0.1, 0.15) is 0 Å². The second kappa shape index (κ2) is 14.4. The molecular weight excluding hydrogens is 805 g/mol. The van der Waals surface area contributed by atoms with E-state index in [0.29, 0.717) is 11.8 Å². The first kappa shape index (κ1) is 34.2. The number of nitrogens with zero attached hydrogens (tertiary/aromatic N) is 6. The smallest absolute Gasteiger partial charge is 0.169 e. The van der Waals surface area contributed by atoms with Gasteiger partial charge in [0.25, 0.3) is 0 Å². The molecule has 0 N–H and O–H groups in total. The number of oxazole rings is 1. The number of benzene rings is 4. The zero-order valence-electron chi connectivity index (χ0n) is 28.2. The molecule has 9 heteroatoms. The third-order valence-electron chi connectivity index (χ3n) is 8.55. The van der Waals surface area contributed by atoms with Gasteiger partial charge in [0.15, 0.2) is 6.39 Å². The largest absolute Gasteiger partial charge is 0.490 e. The summed E-state index contributed by atoms with van der Waals surface area (Å²) in [5.41, 5.74) is 13.8. The van der Waals surface area contributed by atoms with E-state index in [1.807, 2.05) is 48.5 Å². The molecule has 0 aliphatic carbocycles. The van der Waals surface area contributed by atoms with Crippen LogP contribution in [-0.4, -0.2) is 29.1 Å². The quantitative estimate of drug-likeness (QED) is 0.156. The number of hydrogen-bond donors (Lipinski definition) is 0. The van der Waals surface area contributed by atoms with Crippen molar-refractivity contribution in [3.8, 4) is 34.2 Å². The summed E-state index contributed by atoms with van der Waals surface area (Å²) in [6, 6.07) is 27.4. The van der Waals surface area contributed by atoms with Crippen molar-refractivity contribution in [3.63, 3.8) is 0 Å². The summed E-state index contributed by atoms with van der Waals surface area (Å²) < 4.78 is 10.8. The minimum atomic E-state index is 0. The zero-order chi connectivity index (χ0) is 33.4. The van der Waals surface area contributed by atoms with Crippen molar-refractivity contribution in [1.29, 1.82) is 0 Å². The number of hydrogen-bond acceptors (Lipinski definition) is 6. The molecule has 7 nitrogen and oxygen atoms in total. The van der Waals surface area contributed by atoms with E-state index in [1.54, 1.807) is 11.3 Å². The van der Waals surface area contributed by atoms with E-state index in [4.69, 9.17) is 4.42 Å². The van der Waals surface area contributed by atoms with Crippen LogP contribution in [0.5, 0.6) is 0 Å². The van der Waals surface area contributed by atoms with Gasteiger partial charge in [-0.1, -0.05) is 64.1 Å². The third-order valence-corrected chi connectivity index (χ3v) is 9.35. The molecule has 0 unspecified atom stereocenters. The van der Waals surface area contributed by atoms with E-state index >= 15 is 0 Å². The molecule has 249 valence electrons. The average molecular weight is 841 g/mol. The molecule has 0 atom stereocenters. The topological polar surface area (TPSA) is 74.6 Å². The van der Waals surface area contributed by atoms with Crippen LogP contribution in [0.15, 0.2) is 102 Å².